The lowest BCUT2D eigenvalue weighted by Gasteiger charge is -2.24. The number of hydrogen-bond donors (Lipinski definition) is 0. The number of nitrogens with zero attached hydrogens (tertiary/aromatic N) is 1. The van der Waals surface area contributed by atoms with Gasteiger partial charge in [-0.05, 0) is 31.0 Å². The van der Waals surface area contributed by atoms with E-state index in [1.807, 2.05) is 25.1 Å². The molecule has 1 aromatic rings. The van der Waals surface area contributed by atoms with E-state index in [0.717, 1.165) is 5.56 Å². The van der Waals surface area contributed by atoms with Gasteiger partial charge >= 0.3 is 12.2 Å². The molecule has 2 aliphatic heterocycles. The topological polar surface area (TPSA) is 92.8 Å². The Labute approximate surface area is 157 Å². The Morgan fingerprint density at radius 1 is 1.26 bits per heavy atom. The number of carbonyl (C=O) groups is 2. The van der Waals surface area contributed by atoms with Crippen LogP contribution in [-0.2, 0) is 25.4 Å². The minimum atomic E-state index is -0.880. The summed E-state index contributed by atoms with van der Waals surface area (Å²) in [6, 6.07) is 5.52. The summed E-state index contributed by atoms with van der Waals surface area (Å²) in [4.78, 5) is 25.0. The van der Waals surface area contributed by atoms with E-state index in [4.69, 9.17) is 28.4 Å². The molecule has 1 amide bonds. The van der Waals surface area contributed by atoms with Gasteiger partial charge in [0, 0.05) is 19.5 Å². The van der Waals surface area contributed by atoms with Crippen LogP contribution in [0.25, 0.3) is 0 Å². The summed E-state index contributed by atoms with van der Waals surface area (Å²) >= 11 is 0. The summed E-state index contributed by atoms with van der Waals surface area (Å²) in [6.07, 6.45) is -0.547. The highest BCUT2D eigenvalue weighted by molar-refractivity contribution is 5.68. The van der Waals surface area contributed by atoms with E-state index in [1.54, 1.807) is 7.05 Å². The van der Waals surface area contributed by atoms with Crippen LogP contribution < -0.4 is 9.47 Å². The van der Waals surface area contributed by atoms with Gasteiger partial charge in [0.05, 0.1) is 13.2 Å². The molecular formula is C18H23NO8. The summed E-state index contributed by atoms with van der Waals surface area (Å²) < 4.78 is 30.5. The molecule has 2 unspecified atom stereocenters. The van der Waals surface area contributed by atoms with Crippen molar-refractivity contribution in [3.8, 4) is 11.5 Å². The molecule has 2 heterocycles. The van der Waals surface area contributed by atoms with Gasteiger partial charge in [-0.15, -0.1) is 0 Å². The van der Waals surface area contributed by atoms with Crippen LogP contribution in [-0.4, -0.2) is 63.1 Å². The van der Waals surface area contributed by atoms with Gasteiger partial charge in [0.2, 0.25) is 13.6 Å². The van der Waals surface area contributed by atoms with E-state index < -0.39 is 19.0 Å². The average Bonchev–Trinajstić information content (AvgIpc) is 3.32. The Morgan fingerprint density at radius 3 is 2.85 bits per heavy atom. The SMILES string of the molecule is CC(Cc1ccc2c(c1)OCO2)N(C)C(=O)OCOC(=O)OC1CCOC1. The van der Waals surface area contributed by atoms with Crippen LogP contribution in [0, 0.1) is 0 Å². The van der Waals surface area contributed by atoms with Crippen molar-refractivity contribution in [2.45, 2.75) is 31.9 Å². The number of likely N-dealkylation sites (N-methyl/N-ethyl adjacent to an activating group) is 1. The highest BCUT2D eigenvalue weighted by Gasteiger charge is 2.22. The van der Waals surface area contributed by atoms with E-state index in [9.17, 15) is 9.59 Å². The van der Waals surface area contributed by atoms with Crippen molar-refractivity contribution in [3.63, 3.8) is 0 Å². The van der Waals surface area contributed by atoms with E-state index in [0.29, 0.717) is 37.6 Å². The molecule has 0 spiro atoms. The molecule has 0 N–H and O–H groups in total. The van der Waals surface area contributed by atoms with Crippen molar-refractivity contribution in [3.05, 3.63) is 23.8 Å². The van der Waals surface area contributed by atoms with E-state index in [1.165, 1.54) is 4.90 Å². The van der Waals surface area contributed by atoms with Crippen LogP contribution in [0.4, 0.5) is 9.59 Å². The van der Waals surface area contributed by atoms with Gasteiger partial charge in [0.15, 0.2) is 11.5 Å². The number of amides is 1. The summed E-state index contributed by atoms with van der Waals surface area (Å²) in [5, 5.41) is 0. The number of fused-ring (bicyclic) bond motifs is 1. The Morgan fingerprint density at radius 2 is 2.07 bits per heavy atom. The maximum Gasteiger partial charge on any atom is 0.511 e. The molecule has 9 nitrogen and oxygen atoms in total. The highest BCUT2D eigenvalue weighted by Crippen LogP contribution is 2.32. The molecule has 27 heavy (non-hydrogen) atoms. The molecule has 0 aromatic heterocycles. The number of rotatable bonds is 6. The lowest BCUT2D eigenvalue weighted by molar-refractivity contribution is -0.0379. The monoisotopic (exact) mass is 381 g/mol. The molecular weight excluding hydrogens is 358 g/mol. The molecule has 0 aliphatic carbocycles. The van der Waals surface area contributed by atoms with Gasteiger partial charge in [-0.25, -0.2) is 9.59 Å². The van der Waals surface area contributed by atoms with E-state index in [-0.39, 0.29) is 18.9 Å². The number of hydrogen-bond acceptors (Lipinski definition) is 8. The number of carbonyl (C=O) groups excluding carboxylic acids is 2. The molecule has 2 atom stereocenters. The normalized spacial score (nSPS) is 18.7. The summed E-state index contributed by atoms with van der Waals surface area (Å²) in [7, 11) is 1.62. The largest absolute Gasteiger partial charge is 0.511 e. The van der Waals surface area contributed by atoms with Crippen LogP contribution in [0.5, 0.6) is 11.5 Å². The van der Waals surface area contributed by atoms with Gasteiger partial charge in [0.1, 0.15) is 6.10 Å². The molecule has 1 fully saturated rings. The van der Waals surface area contributed by atoms with Crippen molar-refractivity contribution in [1.29, 1.82) is 0 Å². The Hall–Kier alpha value is -2.68. The first-order valence-corrected chi connectivity index (χ1v) is 8.72. The third-order valence-corrected chi connectivity index (χ3v) is 4.43. The number of ether oxygens (including phenoxy) is 6. The van der Waals surface area contributed by atoms with Gasteiger partial charge in [-0.1, -0.05) is 6.07 Å². The fourth-order valence-electron chi connectivity index (χ4n) is 2.73. The highest BCUT2D eigenvalue weighted by atomic mass is 16.8. The first kappa shape index (κ1) is 19.1. The molecule has 3 rings (SSSR count). The fraction of sp³-hybridized carbons (Fsp3) is 0.556. The van der Waals surface area contributed by atoms with Crippen molar-refractivity contribution < 1.29 is 38.0 Å². The summed E-state index contributed by atoms with van der Waals surface area (Å²) in [5.74, 6) is 1.41. The molecule has 1 saturated heterocycles. The Balaban J connectivity index is 1.39. The Kier molecular flexibility index (Phi) is 6.23. The predicted octanol–water partition coefficient (Wildman–Crippen LogP) is 2.31. The Bertz CT molecular complexity index is 673. The molecule has 9 heteroatoms. The zero-order chi connectivity index (χ0) is 19.2. The van der Waals surface area contributed by atoms with Crippen molar-refractivity contribution >= 4 is 12.2 Å². The third-order valence-electron chi connectivity index (χ3n) is 4.43. The lowest BCUT2D eigenvalue weighted by atomic mass is 10.1. The second kappa shape index (κ2) is 8.81. The third kappa shape index (κ3) is 5.16. The van der Waals surface area contributed by atoms with Crippen molar-refractivity contribution in [2.24, 2.45) is 0 Å². The molecule has 0 saturated carbocycles. The molecule has 148 valence electrons. The van der Waals surface area contributed by atoms with Gasteiger partial charge < -0.3 is 33.3 Å². The van der Waals surface area contributed by atoms with Crippen LogP contribution in [0.3, 0.4) is 0 Å². The maximum atomic E-state index is 12.1. The fourth-order valence-corrected chi connectivity index (χ4v) is 2.73. The number of benzene rings is 1. The van der Waals surface area contributed by atoms with Gasteiger partial charge in [0.25, 0.3) is 0 Å². The minimum Gasteiger partial charge on any atom is -0.454 e. The first-order chi connectivity index (χ1) is 13.0. The zero-order valence-electron chi connectivity index (χ0n) is 15.3. The van der Waals surface area contributed by atoms with E-state index >= 15 is 0 Å². The van der Waals surface area contributed by atoms with Crippen molar-refractivity contribution in [1.82, 2.24) is 4.90 Å². The minimum absolute atomic E-state index is 0.138. The van der Waals surface area contributed by atoms with Crippen LogP contribution in [0.1, 0.15) is 18.9 Å². The average molecular weight is 381 g/mol. The predicted molar refractivity (Wildman–Crippen MR) is 91.6 cm³/mol. The van der Waals surface area contributed by atoms with Crippen LogP contribution in [0.2, 0.25) is 0 Å². The molecule has 1 aromatic carbocycles. The lowest BCUT2D eigenvalue weighted by Crippen LogP contribution is -2.37. The second-order valence-corrected chi connectivity index (χ2v) is 6.38. The van der Waals surface area contributed by atoms with Gasteiger partial charge in [-0.3, -0.25) is 0 Å². The smallest absolute Gasteiger partial charge is 0.454 e. The standard InChI is InChI=1S/C18H23NO8/c1-12(7-13-3-4-15-16(8-13)24-10-23-15)19(2)17(20)25-11-26-18(21)27-14-5-6-22-9-14/h3-4,8,12,14H,5-7,9-11H2,1-2H3. The quantitative estimate of drug-likeness (QED) is 0.547. The summed E-state index contributed by atoms with van der Waals surface area (Å²) in [5.41, 5.74) is 1.00. The zero-order valence-corrected chi connectivity index (χ0v) is 15.3. The van der Waals surface area contributed by atoms with Crippen molar-refractivity contribution in [2.75, 3.05) is 33.8 Å². The first-order valence-electron chi connectivity index (χ1n) is 8.72. The molecule has 0 radical (unpaired) electrons. The second-order valence-electron chi connectivity index (χ2n) is 6.38. The van der Waals surface area contributed by atoms with E-state index in [2.05, 4.69) is 0 Å². The summed E-state index contributed by atoms with van der Waals surface area (Å²) in [6.45, 7) is 2.51. The maximum absolute atomic E-state index is 12.1. The van der Waals surface area contributed by atoms with Gasteiger partial charge in [-0.2, -0.15) is 0 Å². The molecule has 0 bridgehead atoms. The van der Waals surface area contributed by atoms with Crippen LogP contribution >= 0.6 is 0 Å². The molecule has 2 aliphatic rings. The van der Waals surface area contributed by atoms with Crippen LogP contribution in [0.15, 0.2) is 18.2 Å².